The summed E-state index contributed by atoms with van der Waals surface area (Å²) in [5, 5.41) is 2.99. The molecule has 1 fully saturated rings. The molecular weight excluding hydrogens is 316 g/mol. The van der Waals surface area contributed by atoms with Crippen LogP contribution in [0.4, 0.5) is 0 Å². The quantitative estimate of drug-likeness (QED) is 0.839. The summed E-state index contributed by atoms with van der Waals surface area (Å²) < 4.78 is 11.4. The van der Waals surface area contributed by atoms with Crippen LogP contribution in [0.25, 0.3) is 0 Å². The number of carbonyl (C=O) groups excluding carboxylic acids is 1. The average Bonchev–Trinajstić information content (AvgIpc) is 3.27. The minimum atomic E-state index is -0.115. The Bertz CT molecular complexity index is 704. The third-order valence-electron chi connectivity index (χ3n) is 4.62. The fraction of sp³-hybridized carbons (Fsp3) is 0.450. The maximum absolute atomic E-state index is 12.2. The molecule has 1 aromatic heterocycles. The molecule has 1 N–H and O–H groups in total. The highest BCUT2D eigenvalue weighted by atomic mass is 16.5. The number of hydrogen-bond acceptors (Lipinski definition) is 4. The summed E-state index contributed by atoms with van der Waals surface area (Å²) >= 11 is 0. The van der Waals surface area contributed by atoms with Gasteiger partial charge in [0.15, 0.2) is 6.61 Å². The minimum Gasteiger partial charge on any atom is -0.484 e. The molecule has 2 aromatic rings. The van der Waals surface area contributed by atoms with Crippen LogP contribution in [0.3, 0.4) is 0 Å². The maximum atomic E-state index is 12.2. The molecule has 2 heterocycles. The summed E-state index contributed by atoms with van der Waals surface area (Å²) in [5.41, 5.74) is 1.02. The summed E-state index contributed by atoms with van der Waals surface area (Å²) in [7, 11) is 0. The molecule has 25 heavy (non-hydrogen) atoms. The number of aryl methyl sites for hydroxylation is 2. The van der Waals surface area contributed by atoms with Crippen molar-refractivity contribution >= 4 is 5.91 Å². The van der Waals surface area contributed by atoms with Gasteiger partial charge in [0.2, 0.25) is 0 Å². The van der Waals surface area contributed by atoms with E-state index in [1.54, 1.807) is 0 Å². The molecule has 5 heteroatoms. The molecule has 5 nitrogen and oxygen atoms in total. The zero-order chi connectivity index (χ0) is 17.6. The van der Waals surface area contributed by atoms with Crippen LogP contribution in [-0.4, -0.2) is 37.0 Å². The van der Waals surface area contributed by atoms with Crippen molar-refractivity contribution in [2.24, 2.45) is 0 Å². The van der Waals surface area contributed by atoms with E-state index < -0.39 is 0 Å². The van der Waals surface area contributed by atoms with Crippen LogP contribution < -0.4 is 10.1 Å². The van der Waals surface area contributed by atoms with Crippen LogP contribution in [0.1, 0.15) is 36.0 Å². The molecule has 1 saturated heterocycles. The Balaban J connectivity index is 1.55. The Kier molecular flexibility index (Phi) is 5.76. The first-order chi connectivity index (χ1) is 12.1. The highest BCUT2D eigenvalue weighted by Gasteiger charge is 2.26. The lowest BCUT2D eigenvalue weighted by Crippen LogP contribution is -2.38. The Morgan fingerprint density at radius 3 is 2.64 bits per heavy atom. The Morgan fingerprint density at radius 1 is 1.20 bits per heavy atom. The molecule has 1 amide bonds. The number of hydrogen-bond donors (Lipinski definition) is 1. The Morgan fingerprint density at radius 2 is 1.96 bits per heavy atom. The number of nitrogens with one attached hydrogen (secondary N) is 1. The molecule has 0 saturated carbocycles. The fourth-order valence-corrected chi connectivity index (χ4v) is 3.22. The van der Waals surface area contributed by atoms with E-state index in [0.717, 1.165) is 35.9 Å². The molecule has 0 unspecified atom stereocenters. The first-order valence-corrected chi connectivity index (χ1v) is 8.89. The van der Waals surface area contributed by atoms with E-state index in [0.29, 0.717) is 6.54 Å². The molecule has 3 rings (SSSR count). The van der Waals surface area contributed by atoms with Gasteiger partial charge in [0, 0.05) is 6.54 Å². The lowest BCUT2D eigenvalue weighted by Gasteiger charge is -2.26. The van der Waals surface area contributed by atoms with Gasteiger partial charge in [0.25, 0.3) is 5.91 Å². The van der Waals surface area contributed by atoms with Crippen molar-refractivity contribution in [3.8, 4) is 5.75 Å². The minimum absolute atomic E-state index is 0.0226. The van der Waals surface area contributed by atoms with Crippen LogP contribution in [0, 0.1) is 13.8 Å². The standard InChI is InChI=1S/C20H26N2O3/c1-15-7-3-4-8-18(15)24-14-20(23)21-13-17(22-11-5-6-12-22)19-10-9-16(2)25-19/h3-4,7-10,17H,5-6,11-14H2,1-2H3,(H,21,23)/t17-/m0/s1. The second kappa shape index (κ2) is 8.21. The van der Waals surface area contributed by atoms with Crippen molar-refractivity contribution in [1.29, 1.82) is 0 Å². The molecule has 0 aliphatic carbocycles. The number of ether oxygens (including phenoxy) is 1. The van der Waals surface area contributed by atoms with E-state index in [-0.39, 0.29) is 18.6 Å². The van der Waals surface area contributed by atoms with Gasteiger partial charge in [-0.05, 0) is 63.5 Å². The first-order valence-electron chi connectivity index (χ1n) is 8.89. The van der Waals surface area contributed by atoms with Crippen LogP contribution in [0.5, 0.6) is 5.75 Å². The number of carbonyl (C=O) groups is 1. The molecule has 1 aliphatic rings. The number of rotatable bonds is 7. The number of likely N-dealkylation sites (tertiary alicyclic amines) is 1. The highest BCUT2D eigenvalue weighted by Crippen LogP contribution is 2.26. The molecule has 0 radical (unpaired) electrons. The van der Waals surface area contributed by atoms with Gasteiger partial charge in [0.05, 0.1) is 6.04 Å². The Hall–Kier alpha value is -2.27. The summed E-state index contributed by atoms with van der Waals surface area (Å²) in [4.78, 5) is 14.6. The summed E-state index contributed by atoms with van der Waals surface area (Å²) in [5.74, 6) is 2.44. The summed E-state index contributed by atoms with van der Waals surface area (Å²) in [6.45, 7) is 6.55. The van der Waals surface area contributed by atoms with Gasteiger partial charge in [-0.2, -0.15) is 0 Å². The highest BCUT2D eigenvalue weighted by molar-refractivity contribution is 5.77. The molecule has 0 spiro atoms. The number of para-hydroxylation sites is 1. The van der Waals surface area contributed by atoms with E-state index in [1.807, 2.05) is 50.2 Å². The molecule has 0 bridgehead atoms. The summed E-state index contributed by atoms with van der Waals surface area (Å²) in [6.07, 6.45) is 2.39. The number of amides is 1. The number of benzene rings is 1. The number of nitrogens with zero attached hydrogens (tertiary/aromatic N) is 1. The monoisotopic (exact) mass is 342 g/mol. The van der Waals surface area contributed by atoms with Gasteiger partial charge in [-0.3, -0.25) is 9.69 Å². The van der Waals surface area contributed by atoms with E-state index in [9.17, 15) is 4.79 Å². The van der Waals surface area contributed by atoms with Crippen molar-refractivity contribution in [2.45, 2.75) is 32.7 Å². The predicted molar refractivity (Wildman–Crippen MR) is 96.7 cm³/mol. The molecule has 1 aliphatic heterocycles. The Labute approximate surface area is 149 Å². The number of furan rings is 1. The fourth-order valence-electron chi connectivity index (χ4n) is 3.22. The zero-order valence-electron chi connectivity index (χ0n) is 15.0. The van der Waals surface area contributed by atoms with Crippen molar-refractivity contribution in [1.82, 2.24) is 10.2 Å². The smallest absolute Gasteiger partial charge is 0.258 e. The normalized spacial score (nSPS) is 15.9. The van der Waals surface area contributed by atoms with Crippen molar-refractivity contribution in [3.63, 3.8) is 0 Å². The second-order valence-corrected chi connectivity index (χ2v) is 6.57. The van der Waals surface area contributed by atoms with E-state index in [4.69, 9.17) is 9.15 Å². The SMILES string of the molecule is Cc1ccc([C@H](CNC(=O)COc2ccccc2C)N2CCCC2)o1. The predicted octanol–water partition coefficient (Wildman–Crippen LogP) is 3.23. The van der Waals surface area contributed by atoms with Crippen molar-refractivity contribution in [2.75, 3.05) is 26.2 Å². The second-order valence-electron chi connectivity index (χ2n) is 6.57. The van der Waals surface area contributed by atoms with Gasteiger partial charge in [-0.15, -0.1) is 0 Å². The zero-order valence-corrected chi connectivity index (χ0v) is 15.0. The lowest BCUT2D eigenvalue weighted by atomic mass is 10.2. The van der Waals surface area contributed by atoms with Crippen LogP contribution in [0.2, 0.25) is 0 Å². The van der Waals surface area contributed by atoms with Gasteiger partial charge < -0.3 is 14.5 Å². The van der Waals surface area contributed by atoms with E-state index in [1.165, 1.54) is 12.8 Å². The first kappa shape index (κ1) is 17.5. The van der Waals surface area contributed by atoms with Crippen molar-refractivity contribution in [3.05, 3.63) is 53.5 Å². The van der Waals surface area contributed by atoms with Gasteiger partial charge in [-0.25, -0.2) is 0 Å². The summed E-state index contributed by atoms with van der Waals surface area (Å²) in [6, 6.07) is 11.8. The van der Waals surface area contributed by atoms with Crippen LogP contribution in [-0.2, 0) is 4.79 Å². The maximum Gasteiger partial charge on any atom is 0.258 e. The van der Waals surface area contributed by atoms with Crippen molar-refractivity contribution < 1.29 is 13.9 Å². The van der Waals surface area contributed by atoms with Crippen LogP contribution >= 0.6 is 0 Å². The largest absolute Gasteiger partial charge is 0.484 e. The third-order valence-corrected chi connectivity index (χ3v) is 4.62. The molecule has 134 valence electrons. The van der Waals surface area contributed by atoms with E-state index >= 15 is 0 Å². The molecule has 1 aromatic carbocycles. The molecular formula is C20H26N2O3. The topological polar surface area (TPSA) is 54.7 Å². The third kappa shape index (κ3) is 4.63. The van der Waals surface area contributed by atoms with E-state index in [2.05, 4.69) is 10.2 Å². The van der Waals surface area contributed by atoms with Gasteiger partial charge >= 0.3 is 0 Å². The van der Waals surface area contributed by atoms with Gasteiger partial charge in [-0.1, -0.05) is 18.2 Å². The lowest BCUT2D eigenvalue weighted by molar-refractivity contribution is -0.123. The molecule has 1 atom stereocenters. The van der Waals surface area contributed by atoms with Gasteiger partial charge in [0.1, 0.15) is 17.3 Å². The van der Waals surface area contributed by atoms with Crippen LogP contribution in [0.15, 0.2) is 40.8 Å². The average molecular weight is 342 g/mol.